The molecule has 1 amide bonds. The highest BCUT2D eigenvalue weighted by molar-refractivity contribution is 6.08. The van der Waals surface area contributed by atoms with E-state index in [-0.39, 0.29) is 11.9 Å². The molecule has 0 aliphatic carbocycles. The van der Waals surface area contributed by atoms with Gasteiger partial charge in [-0.2, -0.15) is 0 Å². The Morgan fingerprint density at radius 3 is 2.80 bits per heavy atom. The second-order valence-electron chi connectivity index (χ2n) is 6.12. The molecule has 25 heavy (non-hydrogen) atoms. The van der Waals surface area contributed by atoms with E-state index in [1.54, 1.807) is 30.7 Å². The number of hydrogen-bond donors (Lipinski definition) is 1. The van der Waals surface area contributed by atoms with Gasteiger partial charge < -0.3 is 10.2 Å². The van der Waals surface area contributed by atoms with E-state index in [4.69, 9.17) is 0 Å². The van der Waals surface area contributed by atoms with Crippen molar-refractivity contribution in [2.75, 3.05) is 10.2 Å². The first-order valence-electron chi connectivity index (χ1n) is 8.27. The van der Waals surface area contributed by atoms with E-state index in [1.165, 1.54) is 5.56 Å². The van der Waals surface area contributed by atoms with Gasteiger partial charge in [-0.3, -0.25) is 9.78 Å². The average molecular weight is 330 g/mol. The number of fused-ring (bicyclic) bond motifs is 1. The van der Waals surface area contributed by atoms with E-state index in [1.807, 2.05) is 24.3 Å². The fourth-order valence-corrected chi connectivity index (χ4v) is 3.29. The third-order valence-corrected chi connectivity index (χ3v) is 4.39. The van der Waals surface area contributed by atoms with Crippen molar-refractivity contribution >= 4 is 23.1 Å². The van der Waals surface area contributed by atoms with Gasteiger partial charge in [-0.25, -0.2) is 4.98 Å². The molecule has 1 N–H and O–H groups in total. The maximum Gasteiger partial charge on any atom is 0.259 e. The lowest BCUT2D eigenvalue weighted by molar-refractivity contribution is 0.102. The summed E-state index contributed by atoms with van der Waals surface area (Å²) in [4.78, 5) is 23.5. The number of aromatic nitrogens is 2. The average Bonchev–Trinajstić information content (AvgIpc) is 2.98. The van der Waals surface area contributed by atoms with Crippen molar-refractivity contribution < 1.29 is 4.79 Å². The number of pyridine rings is 2. The van der Waals surface area contributed by atoms with E-state index in [2.05, 4.69) is 39.2 Å². The van der Waals surface area contributed by atoms with Crippen LogP contribution in [0.4, 0.5) is 17.2 Å². The third kappa shape index (κ3) is 2.85. The van der Waals surface area contributed by atoms with Crippen LogP contribution in [0.25, 0.3) is 0 Å². The zero-order chi connectivity index (χ0) is 17.2. The van der Waals surface area contributed by atoms with Gasteiger partial charge in [-0.1, -0.05) is 18.2 Å². The molecule has 0 spiro atoms. The Labute approximate surface area is 146 Å². The maximum atomic E-state index is 12.8. The number of amides is 1. The predicted octanol–water partition coefficient (Wildman–Crippen LogP) is 3.81. The van der Waals surface area contributed by atoms with E-state index < -0.39 is 0 Å². The zero-order valence-electron chi connectivity index (χ0n) is 13.9. The molecule has 124 valence electrons. The monoisotopic (exact) mass is 330 g/mol. The standard InChI is InChI=1S/C20H18N4O/c1-14-12-15-6-2-3-9-18(15)24(14)19-17(8-5-11-22-19)20(25)23-16-7-4-10-21-13-16/h2-11,13-14H,12H2,1H3,(H,23,25). The van der Waals surface area contributed by atoms with Crippen LogP contribution >= 0.6 is 0 Å². The second-order valence-corrected chi connectivity index (χ2v) is 6.12. The van der Waals surface area contributed by atoms with Crippen LogP contribution in [0.2, 0.25) is 0 Å². The number of carbonyl (C=O) groups is 1. The molecule has 0 radical (unpaired) electrons. The van der Waals surface area contributed by atoms with Gasteiger partial charge in [0.25, 0.3) is 5.91 Å². The van der Waals surface area contributed by atoms with Crippen molar-refractivity contribution in [3.05, 3.63) is 78.2 Å². The minimum Gasteiger partial charge on any atom is -0.322 e. The molecule has 2 aromatic heterocycles. The highest BCUT2D eigenvalue weighted by Gasteiger charge is 2.30. The van der Waals surface area contributed by atoms with Gasteiger partial charge in [-0.05, 0) is 49.2 Å². The molecule has 5 heteroatoms. The Bertz CT molecular complexity index is 910. The SMILES string of the molecule is CC1Cc2ccccc2N1c1ncccc1C(=O)Nc1cccnc1. The predicted molar refractivity (Wildman–Crippen MR) is 98.2 cm³/mol. The minimum absolute atomic E-state index is 0.187. The number of hydrogen-bond acceptors (Lipinski definition) is 4. The molecular formula is C20H18N4O. The van der Waals surface area contributed by atoms with Gasteiger partial charge in [0.1, 0.15) is 5.82 Å². The van der Waals surface area contributed by atoms with Crippen molar-refractivity contribution in [2.45, 2.75) is 19.4 Å². The zero-order valence-corrected chi connectivity index (χ0v) is 13.9. The van der Waals surface area contributed by atoms with E-state index in [9.17, 15) is 4.79 Å². The number of para-hydroxylation sites is 1. The first-order chi connectivity index (χ1) is 12.2. The maximum absolute atomic E-state index is 12.8. The first-order valence-corrected chi connectivity index (χ1v) is 8.27. The van der Waals surface area contributed by atoms with Crippen molar-refractivity contribution in [2.24, 2.45) is 0 Å². The molecule has 1 aromatic carbocycles. The minimum atomic E-state index is -0.187. The van der Waals surface area contributed by atoms with Crippen LogP contribution in [0.15, 0.2) is 67.1 Å². The molecule has 1 aliphatic heterocycles. The number of rotatable bonds is 3. The molecule has 0 fully saturated rings. The molecular weight excluding hydrogens is 312 g/mol. The quantitative estimate of drug-likeness (QED) is 0.793. The Morgan fingerprint density at radius 2 is 1.96 bits per heavy atom. The smallest absolute Gasteiger partial charge is 0.259 e. The highest BCUT2D eigenvalue weighted by atomic mass is 16.1. The summed E-state index contributed by atoms with van der Waals surface area (Å²) in [6.45, 7) is 2.15. The summed E-state index contributed by atoms with van der Waals surface area (Å²) in [6, 6.07) is 15.7. The number of anilines is 3. The first kappa shape index (κ1) is 15.3. The fourth-order valence-electron chi connectivity index (χ4n) is 3.29. The molecule has 3 aromatic rings. The van der Waals surface area contributed by atoms with E-state index >= 15 is 0 Å². The summed E-state index contributed by atoms with van der Waals surface area (Å²) < 4.78 is 0. The summed E-state index contributed by atoms with van der Waals surface area (Å²) in [5.41, 5.74) is 3.61. The molecule has 0 saturated heterocycles. The second kappa shape index (κ2) is 6.36. The molecule has 5 nitrogen and oxygen atoms in total. The van der Waals surface area contributed by atoms with Crippen LogP contribution in [-0.2, 0) is 6.42 Å². The van der Waals surface area contributed by atoms with Crippen molar-refractivity contribution in [3.63, 3.8) is 0 Å². The van der Waals surface area contributed by atoms with E-state index in [0.717, 1.165) is 12.1 Å². The van der Waals surface area contributed by atoms with Gasteiger partial charge in [-0.15, -0.1) is 0 Å². The molecule has 3 heterocycles. The molecule has 0 bridgehead atoms. The largest absolute Gasteiger partial charge is 0.322 e. The van der Waals surface area contributed by atoms with Crippen molar-refractivity contribution in [1.29, 1.82) is 0 Å². The molecule has 1 aliphatic rings. The van der Waals surface area contributed by atoms with Crippen molar-refractivity contribution in [1.82, 2.24) is 9.97 Å². The lowest BCUT2D eigenvalue weighted by Crippen LogP contribution is -2.27. The van der Waals surface area contributed by atoms with Gasteiger partial charge in [0.15, 0.2) is 0 Å². The van der Waals surface area contributed by atoms with Crippen LogP contribution < -0.4 is 10.2 Å². The van der Waals surface area contributed by atoms with Gasteiger partial charge in [0.05, 0.1) is 17.4 Å². The Morgan fingerprint density at radius 1 is 1.12 bits per heavy atom. The lowest BCUT2D eigenvalue weighted by Gasteiger charge is -2.25. The molecule has 0 saturated carbocycles. The van der Waals surface area contributed by atoms with E-state index in [0.29, 0.717) is 17.1 Å². The summed E-state index contributed by atoms with van der Waals surface area (Å²) in [7, 11) is 0. The normalized spacial score (nSPS) is 15.7. The topological polar surface area (TPSA) is 58.1 Å². The fraction of sp³-hybridized carbons (Fsp3) is 0.150. The van der Waals surface area contributed by atoms with Crippen LogP contribution in [0.1, 0.15) is 22.8 Å². The summed E-state index contributed by atoms with van der Waals surface area (Å²) in [6.07, 6.45) is 5.97. The Hall–Kier alpha value is -3.21. The summed E-state index contributed by atoms with van der Waals surface area (Å²) in [5.74, 6) is 0.494. The molecule has 4 rings (SSSR count). The van der Waals surface area contributed by atoms with Crippen LogP contribution in [0, 0.1) is 0 Å². The van der Waals surface area contributed by atoms with Gasteiger partial charge in [0.2, 0.25) is 0 Å². The summed E-state index contributed by atoms with van der Waals surface area (Å²) in [5, 5.41) is 2.89. The highest BCUT2D eigenvalue weighted by Crippen LogP contribution is 2.38. The number of nitrogens with one attached hydrogen (secondary N) is 1. The molecule has 1 unspecified atom stereocenters. The van der Waals surface area contributed by atoms with Crippen molar-refractivity contribution in [3.8, 4) is 0 Å². The molecule has 1 atom stereocenters. The van der Waals surface area contributed by atoms with Crippen LogP contribution in [0.3, 0.4) is 0 Å². The van der Waals surface area contributed by atoms with Crippen LogP contribution in [-0.4, -0.2) is 21.9 Å². The van der Waals surface area contributed by atoms with Gasteiger partial charge in [0, 0.05) is 24.1 Å². The lowest BCUT2D eigenvalue weighted by atomic mass is 10.1. The van der Waals surface area contributed by atoms with Gasteiger partial charge >= 0.3 is 0 Å². The third-order valence-electron chi connectivity index (χ3n) is 4.39. The van der Waals surface area contributed by atoms with Crippen LogP contribution in [0.5, 0.6) is 0 Å². The number of nitrogens with zero attached hydrogens (tertiary/aromatic N) is 3. The number of benzene rings is 1. The number of carbonyl (C=O) groups excluding carboxylic acids is 1. The summed E-state index contributed by atoms with van der Waals surface area (Å²) >= 11 is 0. The Kier molecular flexibility index (Phi) is 3.90. The Balaban J connectivity index is 1.71.